The van der Waals surface area contributed by atoms with Crippen molar-refractivity contribution in [2.24, 2.45) is 4.99 Å². The highest BCUT2D eigenvalue weighted by atomic mass is 127. The Morgan fingerprint density at radius 2 is 2.00 bits per heavy atom. The normalized spacial score (nSPS) is 10.9. The van der Waals surface area contributed by atoms with Crippen LogP contribution in [0.25, 0.3) is 0 Å². The van der Waals surface area contributed by atoms with Crippen LogP contribution in [-0.2, 0) is 6.54 Å². The summed E-state index contributed by atoms with van der Waals surface area (Å²) in [7, 11) is 3.48. The van der Waals surface area contributed by atoms with Gasteiger partial charge in [0, 0.05) is 30.9 Å². The highest BCUT2D eigenvalue weighted by Gasteiger charge is 2.09. The third kappa shape index (κ3) is 6.37. The van der Waals surface area contributed by atoms with E-state index >= 15 is 0 Å². The number of halogens is 1. The van der Waals surface area contributed by atoms with E-state index in [1.165, 1.54) is 12.8 Å². The molecule has 0 aromatic carbocycles. The third-order valence-electron chi connectivity index (χ3n) is 3.47. The lowest BCUT2D eigenvalue weighted by Gasteiger charge is -2.15. The Morgan fingerprint density at radius 3 is 2.59 bits per heavy atom. The Hall–Kier alpha value is -1.05. The molecule has 0 saturated carbocycles. The summed E-state index contributed by atoms with van der Waals surface area (Å²) in [5.74, 6) is 1.72. The van der Waals surface area contributed by atoms with Crippen molar-refractivity contribution in [3.8, 4) is 5.75 Å². The second-order valence-electron chi connectivity index (χ2n) is 5.11. The minimum Gasteiger partial charge on any atom is -0.496 e. The Morgan fingerprint density at radius 1 is 1.27 bits per heavy atom. The molecule has 0 atom stereocenters. The SMILES string of the molecule is CCCCCNC(=NC)NCc1ncc(C)c(OC)c1C.I. The van der Waals surface area contributed by atoms with Crippen molar-refractivity contribution in [1.82, 2.24) is 15.6 Å². The number of rotatable bonds is 7. The zero-order chi connectivity index (χ0) is 15.7. The largest absolute Gasteiger partial charge is 0.496 e. The summed E-state index contributed by atoms with van der Waals surface area (Å²) in [6.45, 7) is 7.82. The summed E-state index contributed by atoms with van der Waals surface area (Å²) in [5.41, 5.74) is 3.11. The molecule has 0 unspecified atom stereocenters. The molecule has 5 nitrogen and oxygen atoms in total. The van der Waals surface area contributed by atoms with Crippen molar-refractivity contribution >= 4 is 29.9 Å². The van der Waals surface area contributed by atoms with Gasteiger partial charge in [-0.3, -0.25) is 9.98 Å². The van der Waals surface area contributed by atoms with Crippen molar-refractivity contribution in [3.05, 3.63) is 23.0 Å². The van der Waals surface area contributed by atoms with E-state index in [1.807, 2.05) is 20.0 Å². The van der Waals surface area contributed by atoms with Gasteiger partial charge in [-0.1, -0.05) is 19.8 Å². The molecule has 1 rings (SSSR count). The van der Waals surface area contributed by atoms with Gasteiger partial charge in [-0.05, 0) is 20.3 Å². The molecule has 1 aromatic heterocycles. The molecule has 0 saturated heterocycles. The smallest absolute Gasteiger partial charge is 0.191 e. The lowest BCUT2D eigenvalue weighted by Crippen LogP contribution is -2.37. The molecule has 1 aromatic rings. The fourth-order valence-corrected chi connectivity index (χ4v) is 2.22. The second kappa shape index (κ2) is 11.5. The van der Waals surface area contributed by atoms with Gasteiger partial charge in [0.1, 0.15) is 5.75 Å². The molecule has 1 heterocycles. The fourth-order valence-electron chi connectivity index (χ4n) is 2.22. The fraction of sp³-hybridized carbons (Fsp3) is 0.625. The number of methoxy groups -OCH3 is 1. The Labute approximate surface area is 151 Å². The molecule has 0 aliphatic carbocycles. The summed E-state index contributed by atoms with van der Waals surface area (Å²) >= 11 is 0. The van der Waals surface area contributed by atoms with E-state index < -0.39 is 0 Å². The van der Waals surface area contributed by atoms with E-state index in [-0.39, 0.29) is 24.0 Å². The van der Waals surface area contributed by atoms with Gasteiger partial charge in [0.15, 0.2) is 5.96 Å². The molecular formula is C16H29IN4O. The molecule has 0 amide bonds. The van der Waals surface area contributed by atoms with Crippen molar-refractivity contribution in [2.75, 3.05) is 20.7 Å². The molecule has 0 bridgehead atoms. The van der Waals surface area contributed by atoms with Crippen LogP contribution in [0.3, 0.4) is 0 Å². The first-order valence-corrected chi connectivity index (χ1v) is 7.57. The molecular weight excluding hydrogens is 391 g/mol. The van der Waals surface area contributed by atoms with Crippen LogP contribution in [-0.4, -0.2) is 31.6 Å². The number of nitrogens with zero attached hydrogens (tertiary/aromatic N) is 2. The molecule has 0 spiro atoms. The zero-order valence-electron chi connectivity index (χ0n) is 14.3. The van der Waals surface area contributed by atoms with Gasteiger partial charge >= 0.3 is 0 Å². The molecule has 22 heavy (non-hydrogen) atoms. The van der Waals surface area contributed by atoms with Crippen LogP contribution in [0.2, 0.25) is 0 Å². The van der Waals surface area contributed by atoms with Gasteiger partial charge in [-0.2, -0.15) is 0 Å². The number of aryl methyl sites for hydroxylation is 1. The van der Waals surface area contributed by atoms with Gasteiger partial charge in [0.2, 0.25) is 0 Å². The molecule has 6 heteroatoms. The van der Waals surface area contributed by atoms with E-state index in [2.05, 4.69) is 27.5 Å². The lowest BCUT2D eigenvalue weighted by atomic mass is 10.1. The number of ether oxygens (including phenoxy) is 1. The predicted octanol–water partition coefficient (Wildman–Crippen LogP) is 3.18. The van der Waals surface area contributed by atoms with E-state index in [4.69, 9.17) is 4.74 Å². The van der Waals surface area contributed by atoms with Gasteiger partial charge < -0.3 is 15.4 Å². The first kappa shape index (κ1) is 20.9. The highest BCUT2D eigenvalue weighted by molar-refractivity contribution is 14.0. The Bertz CT molecular complexity index is 477. The summed E-state index contributed by atoms with van der Waals surface area (Å²) in [6.07, 6.45) is 5.47. The van der Waals surface area contributed by atoms with Crippen LogP contribution in [0.15, 0.2) is 11.2 Å². The molecule has 0 fully saturated rings. The summed E-state index contributed by atoms with van der Waals surface area (Å²) in [4.78, 5) is 8.70. The quantitative estimate of drug-likeness (QED) is 0.308. The molecule has 0 aliphatic rings. The molecule has 0 aliphatic heterocycles. The predicted molar refractivity (Wildman–Crippen MR) is 103 cm³/mol. The van der Waals surface area contributed by atoms with Gasteiger partial charge in [0.05, 0.1) is 19.3 Å². The highest BCUT2D eigenvalue weighted by Crippen LogP contribution is 2.23. The summed E-state index contributed by atoms with van der Waals surface area (Å²) in [6, 6.07) is 0. The van der Waals surface area contributed by atoms with Crippen molar-refractivity contribution in [1.29, 1.82) is 0 Å². The van der Waals surface area contributed by atoms with E-state index in [1.54, 1.807) is 14.2 Å². The number of unbranched alkanes of at least 4 members (excludes halogenated alkanes) is 2. The van der Waals surface area contributed by atoms with Crippen LogP contribution >= 0.6 is 24.0 Å². The monoisotopic (exact) mass is 420 g/mol. The number of pyridine rings is 1. The number of nitrogens with one attached hydrogen (secondary N) is 2. The van der Waals surface area contributed by atoms with Crippen LogP contribution in [0.5, 0.6) is 5.75 Å². The second-order valence-corrected chi connectivity index (χ2v) is 5.11. The average molecular weight is 420 g/mol. The molecule has 126 valence electrons. The van der Waals surface area contributed by atoms with Crippen LogP contribution in [0.1, 0.15) is 43.0 Å². The number of hydrogen-bond donors (Lipinski definition) is 2. The lowest BCUT2D eigenvalue weighted by molar-refractivity contribution is 0.406. The first-order chi connectivity index (χ1) is 10.1. The zero-order valence-corrected chi connectivity index (χ0v) is 16.7. The van der Waals surface area contributed by atoms with Crippen molar-refractivity contribution < 1.29 is 4.74 Å². The first-order valence-electron chi connectivity index (χ1n) is 7.57. The van der Waals surface area contributed by atoms with Crippen LogP contribution < -0.4 is 15.4 Å². The third-order valence-corrected chi connectivity index (χ3v) is 3.47. The Kier molecular flexibility index (Phi) is 11.0. The summed E-state index contributed by atoms with van der Waals surface area (Å²) in [5, 5.41) is 6.61. The number of hydrogen-bond acceptors (Lipinski definition) is 3. The number of aliphatic imine (C=N–C) groups is 1. The standard InChI is InChI=1S/C16H28N4O.HI/c1-6-7-8-9-18-16(17-4)20-11-14-13(3)15(21-5)12(2)10-19-14;/h10H,6-9,11H2,1-5H3,(H2,17,18,20);1H. The van der Waals surface area contributed by atoms with Crippen LogP contribution in [0.4, 0.5) is 0 Å². The van der Waals surface area contributed by atoms with Gasteiger partial charge in [0.25, 0.3) is 0 Å². The van der Waals surface area contributed by atoms with Gasteiger partial charge in [-0.15, -0.1) is 24.0 Å². The van der Waals surface area contributed by atoms with E-state index in [9.17, 15) is 0 Å². The number of guanidine groups is 1. The van der Waals surface area contributed by atoms with Crippen molar-refractivity contribution in [3.63, 3.8) is 0 Å². The maximum Gasteiger partial charge on any atom is 0.191 e. The maximum atomic E-state index is 5.43. The Balaban J connectivity index is 0.00000441. The minimum atomic E-state index is 0. The topological polar surface area (TPSA) is 58.5 Å². The van der Waals surface area contributed by atoms with E-state index in [0.29, 0.717) is 6.54 Å². The van der Waals surface area contributed by atoms with Crippen LogP contribution in [0, 0.1) is 13.8 Å². The number of aromatic nitrogens is 1. The van der Waals surface area contributed by atoms with E-state index in [0.717, 1.165) is 41.5 Å². The summed E-state index contributed by atoms with van der Waals surface area (Å²) < 4.78 is 5.43. The molecule has 2 N–H and O–H groups in total. The average Bonchev–Trinajstić information content (AvgIpc) is 2.49. The minimum absolute atomic E-state index is 0. The van der Waals surface area contributed by atoms with Crippen molar-refractivity contribution in [2.45, 2.75) is 46.6 Å². The molecule has 0 radical (unpaired) electrons. The maximum absolute atomic E-state index is 5.43. The van der Waals surface area contributed by atoms with Gasteiger partial charge in [-0.25, -0.2) is 0 Å².